The van der Waals surface area contributed by atoms with E-state index in [1.807, 2.05) is 18.1 Å². The Morgan fingerprint density at radius 2 is 2.03 bits per heavy atom. The van der Waals surface area contributed by atoms with Crippen molar-refractivity contribution in [1.82, 2.24) is 15.2 Å². The number of rotatable bonds is 6. The van der Waals surface area contributed by atoms with E-state index >= 15 is 0 Å². The van der Waals surface area contributed by atoms with Crippen molar-refractivity contribution in [2.45, 2.75) is 25.9 Å². The van der Waals surface area contributed by atoms with Crippen LogP contribution in [0.2, 0.25) is 0 Å². The number of nitrogens with zero attached hydrogens (tertiary/aromatic N) is 3. The lowest BCUT2D eigenvalue weighted by Crippen LogP contribution is -2.04. The second kappa shape index (κ2) is 8.22. The number of phenols is 1. The van der Waals surface area contributed by atoms with Gasteiger partial charge in [-0.3, -0.25) is 10.1 Å². The van der Waals surface area contributed by atoms with Crippen LogP contribution in [0, 0.1) is 11.3 Å². The Morgan fingerprint density at radius 1 is 1.24 bits per heavy atom. The van der Waals surface area contributed by atoms with Crippen molar-refractivity contribution in [3.8, 4) is 40.0 Å². The van der Waals surface area contributed by atoms with E-state index in [1.165, 1.54) is 24.5 Å². The number of aromatic hydroxyl groups is 1. The maximum atomic E-state index is 12.9. The van der Waals surface area contributed by atoms with Crippen LogP contribution < -0.4 is 4.74 Å². The van der Waals surface area contributed by atoms with Crippen LogP contribution in [0.15, 0.2) is 36.7 Å². The number of aromatic nitrogens is 3. The molecule has 0 aliphatic rings. The first-order valence-electron chi connectivity index (χ1n) is 8.82. The lowest BCUT2D eigenvalue weighted by Gasteiger charge is -2.15. The van der Waals surface area contributed by atoms with Crippen LogP contribution in [-0.2, 0) is 6.18 Å². The highest BCUT2D eigenvalue weighted by atomic mass is 19.4. The average Bonchev–Trinajstić information content (AvgIpc) is 3.19. The summed E-state index contributed by atoms with van der Waals surface area (Å²) < 4.78 is 44.4. The molecule has 0 saturated carbocycles. The Balaban J connectivity index is 2.13. The highest BCUT2D eigenvalue weighted by Gasteiger charge is 2.33. The van der Waals surface area contributed by atoms with Crippen molar-refractivity contribution in [1.29, 1.82) is 5.26 Å². The van der Waals surface area contributed by atoms with Crippen molar-refractivity contribution in [2.75, 3.05) is 6.61 Å². The van der Waals surface area contributed by atoms with Gasteiger partial charge < -0.3 is 9.84 Å². The third-order valence-electron chi connectivity index (χ3n) is 4.21. The van der Waals surface area contributed by atoms with Crippen LogP contribution in [0.4, 0.5) is 13.2 Å². The standard InChI is InChI=1S/C20H17F3N4O2/c1-2-3-6-29-16-5-4-14(15-8-17(27-26-15)20(21,22)23)19(28)18(16)13-7-12(9-24)10-25-11-13/h4-5,7-8,10-11,28H,2-3,6H2,1H3,(H,26,27). The molecular formula is C20H17F3N4O2. The molecule has 9 heteroatoms. The average molecular weight is 402 g/mol. The maximum Gasteiger partial charge on any atom is 0.432 e. The lowest BCUT2D eigenvalue weighted by atomic mass is 9.99. The fourth-order valence-electron chi connectivity index (χ4n) is 2.75. The van der Waals surface area contributed by atoms with Gasteiger partial charge in [-0.2, -0.15) is 23.5 Å². The summed E-state index contributed by atoms with van der Waals surface area (Å²) in [4.78, 5) is 3.99. The first-order valence-corrected chi connectivity index (χ1v) is 8.82. The number of phenolic OH excluding ortho intramolecular Hbond substituents is 1. The number of H-pyrrole nitrogens is 1. The van der Waals surface area contributed by atoms with E-state index in [-0.39, 0.29) is 28.1 Å². The van der Waals surface area contributed by atoms with Crippen LogP contribution in [0.1, 0.15) is 31.0 Å². The molecule has 150 valence electrons. The molecule has 2 N–H and O–H groups in total. The maximum absolute atomic E-state index is 12.9. The molecule has 0 unspecified atom stereocenters. The second-order valence-corrected chi connectivity index (χ2v) is 6.28. The summed E-state index contributed by atoms with van der Waals surface area (Å²) in [6.45, 7) is 2.40. The summed E-state index contributed by atoms with van der Waals surface area (Å²) in [6.07, 6.45) is -0.0908. The Labute approximate surface area is 164 Å². The molecule has 2 heterocycles. The molecule has 0 atom stereocenters. The molecule has 1 aromatic carbocycles. The number of hydrogen-bond acceptors (Lipinski definition) is 5. The molecule has 2 aromatic heterocycles. The van der Waals surface area contributed by atoms with E-state index in [9.17, 15) is 18.3 Å². The molecule has 0 bridgehead atoms. The molecule has 3 rings (SSSR count). The number of nitriles is 1. The Morgan fingerprint density at radius 3 is 2.69 bits per heavy atom. The summed E-state index contributed by atoms with van der Waals surface area (Å²) >= 11 is 0. The third-order valence-corrected chi connectivity index (χ3v) is 4.21. The van der Waals surface area contributed by atoms with Crippen LogP contribution in [-0.4, -0.2) is 26.9 Å². The molecule has 29 heavy (non-hydrogen) atoms. The first-order chi connectivity index (χ1) is 13.8. The van der Waals surface area contributed by atoms with Gasteiger partial charge in [-0.05, 0) is 30.7 Å². The van der Waals surface area contributed by atoms with E-state index in [0.717, 1.165) is 18.9 Å². The van der Waals surface area contributed by atoms with Crippen molar-refractivity contribution in [3.05, 3.63) is 47.9 Å². The highest BCUT2D eigenvalue weighted by molar-refractivity contribution is 5.85. The van der Waals surface area contributed by atoms with Gasteiger partial charge in [-0.1, -0.05) is 13.3 Å². The molecule has 3 aromatic rings. The quantitative estimate of drug-likeness (QED) is 0.571. The lowest BCUT2D eigenvalue weighted by molar-refractivity contribution is -0.141. The molecule has 0 radical (unpaired) electrons. The normalized spacial score (nSPS) is 11.3. The Hall–Kier alpha value is -3.54. The fraction of sp³-hybridized carbons (Fsp3) is 0.250. The van der Waals surface area contributed by atoms with E-state index in [2.05, 4.69) is 10.1 Å². The summed E-state index contributed by atoms with van der Waals surface area (Å²) in [7, 11) is 0. The molecule has 0 saturated heterocycles. The van der Waals surface area contributed by atoms with Gasteiger partial charge in [0.15, 0.2) is 0 Å². The molecule has 0 amide bonds. The van der Waals surface area contributed by atoms with Crippen molar-refractivity contribution >= 4 is 0 Å². The number of hydrogen-bond donors (Lipinski definition) is 2. The monoisotopic (exact) mass is 402 g/mol. The van der Waals surface area contributed by atoms with Crippen molar-refractivity contribution < 1.29 is 23.0 Å². The number of benzene rings is 1. The van der Waals surface area contributed by atoms with E-state index in [1.54, 1.807) is 6.07 Å². The van der Waals surface area contributed by atoms with Crippen molar-refractivity contribution in [2.24, 2.45) is 0 Å². The SMILES string of the molecule is CCCCOc1ccc(-c2cc(C(F)(F)F)[nH]n2)c(O)c1-c1cncc(C#N)c1. The van der Waals surface area contributed by atoms with Crippen LogP contribution in [0.5, 0.6) is 11.5 Å². The number of unbranched alkanes of at least 4 members (excludes halogenated alkanes) is 1. The van der Waals surface area contributed by atoms with E-state index in [0.29, 0.717) is 17.9 Å². The smallest absolute Gasteiger partial charge is 0.432 e. The predicted molar refractivity (Wildman–Crippen MR) is 99.0 cm³/mol. The number of aromatic amines is 1. The van der Waals surface area contributed by atoms with Crippen LogP contribution in [0.25, 0.3) is 22.4 Å². The number of halogens is 3. The molecule has 0 aliphatic carbocycles. The van der Waals surface area contributed by atoms with Gasteiger partial charge in [0.25, 0.3) is 0 Å². The van der Waals surface area contributed by atoms with E-state index in [4.69, 9.17) is 10.00 Å². The third kappa shape index (κ3) is 4.32. The van der Waals surface area contributed by atoms with Crippen molar-refractivity contribution in [3.63, 3.8) is 0 Å². The number of alkyl halides is 3. The largest absolute Gasteiger partial charge is 0.506 e. The van der Waals surface area contributed by atoms with E-state index < -0.39 is 11.9 Å². The Bertz CT molecular complexity index is 1050. The molecule has 6 nitrogen and oxygen atoms in total. The number of ether oxygens (including phenoxy) is 1. The zero-order valence-electron chi connectivity index (χ0n) is 15.4. The second-order valence-electron chi connectivity index (χ2n) is 6.28. The first kappa shape index (κ1) is 20.2. The van der Waals surface area contributed by atoms with Gasteiger partial charge in [0.05, 0.1) is 23.4 Å². The van der Waals surface area contributed by atoms with Gasteiger partial charge in [0, 0.05) is 23.5 Å². The highest BCUT2D eigenvalue weighted by Crippen LogP contribution is 2.44. The van der Waals surface area contributed by atoms with Gasteiger partial charge in [0.1, 0.15) is 23.3 Å². The molecule has 0 aliphatic heterocycles. The minimum atomic E-state index is -4.59. The van der Waals surface area contributed by atoms with Gasteiger partial charge >= 0.3 is 6.18 Å². The summed E-state index contributed by atoms with van der Waals surface area (Å²) in [5.74, 6) is 0.0271. The van der Waals surface area contributed by atoms with Gasteiger partial charge in [-0.15, -0.1) is 0 Å². The number of nitrogens with one attached hydrogen (secondary N) is 1. The van der Waals surface area contributed by atoms with Crippen LogP contribution >= 0.6 is 0 Å². The zero-order valence-corrected chi connectivity index (χ0v) is 15.4. The van der Waals surface area contributed by atoms with Gasteiger partial charge in [-0.25, -0.2) is 0 Å². The summed E-state index contributed by atoms with van der Waals surface area (Å²) in [5, 5.41) is 25.6. The molecular weight excluding hydrogens is 385 g/mol. The molecule has 0 fully saturated rings. The Kier molecular flexibility index (Phi) is 5.73. The molecule has 0 spiro atoms. The predicted octanol–water partition coefficient (Wildman–Crippen LogP) is 4.91. The number of pyridine rings is 1. The minimum Gasteiger partial charge on any atom is -0.506 e. The zero-order chi connectivity index (χ0) is 21.0. The topological polar surface area (TPSA) is 94.8 Å². The summed E-state index contributed by atoms with van der Waals surface area (Å²) in [6, 6.07) is 7.30. The van der Waals surface area contributed by atoms with Gasteiger partial charge in [0.2, 0.25) is 0 Å². The summed E-state index contributed by atoms with van der Waals surface area (Å²) in [5.41, 5.74) is -0.0884. The fourth-order valence-corrected chi connectivity index (χ4v) is 2.75. The van der Waals surface area contributed by atoms with Crippen LogP contribution in [0.3, 0.4) is 0 Å². The minimum absolute atomic E-state index is 0.0689.